The van der Waals surface area contributed by atoms with Gasteiger partial charge in [0, 0.05) is 0 Å². The molecule has 0 fully saturated rings. The Morgan fingerprint density at radius 3 is 0.857 bits per heavy atom. The Balaban J connectivity index is 5.35. The van der Waals surface area contributed by atoms with Crippen LogP contribution in [0.15, 0.2) is 0 Å². The van der Waals surface area contributed by atoms with Crippen molar-refractivity contribution >= 4 is 0 Å². The Labute approximate surface area is 35.8 Å². The maximum absolute atomic E-state index is 10.7. The van der Waals surface area contributed by atoms with E-state index in [0.717, 1.165) is 0 Å². The number of hydrogen-bond acceptors (Lipinski definition) is 2. The van der Waals surface area contributed by atoms with Crippen molar-refractivity contribution in [2.45, 2.75) is 0 Å². The first-order chi connectivity index (χ1) is 2.45. The molecule has 0 aliphatic heterocycles. The molecule has 0 saturated carbocycles. The second-order valence-corrected chi connectivity index (χ2v) is 5.45. The summed E-state index contributed by atoms with van der Waals surface area (Å²) >= 11 is -10.7. The summed E-state index contributed by atoms with van der Waals surface area (Å²) in [6.45, 7) is 0. The number of halogens is 4. The predicted octanol–water partition coefficient (Wildman–Crippen LogP) is 1.44. The molecule has 0 aromatic heterocycles. The van der Waals surface area contributed by atoms with E-state index in [2.05, 4.69) is 0 Å². The quantitative estimate of drug-likeness (QED) is 0.441. The summed E-state index contributed by atoms with van der Waals surface area (Å²) in [5.41, 5.74) is 0. The van der Waals surface area contributed by atoms with Crippen molar-refractivity contribution in [3.8, 4) is 0 Å². The Bertz CT molecular complexity index is 189. The van der Waals surface area contributed by atoms with Crippen LogP contribution in [0.3, 0.4) is 0 Å². The van der Waals surface area contributed by atoms with Crippen molar-refractivity contribution in [2.24, 2.45) is 0 Å². The van der Waals surface area contributed by atoms with E-state index in [0.29, 0.717) is 0 Å². The molecule has 0 heterocycles. The van der Waals surface area contributed by atoms with E-state index in [1.54, 1.807) is 0 Å². The minimum absolute atomic E-state index is 8.22. The Hall–Kier alpha value is 0.00831. The summed E-state index contributed by atoms with van der Waals surface area (Å²) in [4.78, 5) is 0. The van der Waals surface area contributed by atoms with Gasteiger partial charge in [-0.1, -0.05) is 0 Å². The minimum atomic E-state index is -10.7. The van der Waals surface area contributed by atoms with Crippen LogP contribution < -0.4 is 0 Å². The molecular formula is F4MoO2. The molecule has 0 rings (SSSR count). The van der Waals surface area contributed by atoms with Gasteiger partial charge in [-0.25, -0.2) is 0 Å². The second kappa shape index (κ2) is 0.669. The van der Waals surface area contributed by atoms with Crippen LogP contribution in [0.5, 0.6) is 0 Å². The fraction of sp³-hybridized carbons (Fsp3) is 0. The average molecular weight is 204 g/mol. The molecule has 0 atom stereocenters. The Morgan fingerprint density at radius 1 is 0.857 bits per heavy atom. The van der Waals surface area contributed by atoms with Gasteiger partial charge >= 0.3 is 35.0 Å². The van der Waals surface area contributed by atoms with Gasteiger partial charge in [0.15, 0.2) is 0 Å². The summed E-state index contributed by atoms with van der Waals surface area (Å²) in [5, 5.41) is 0. The molecule has 0 unspecified atom stereocenters. The van der Waals surface area contributed by atoms with Gasteiger partial charge in [0.1, 0.15) is 0 Å². The molecule has 0 N–H and O–H groups in total. The standard InChI is InChI=1S/4FH.Mo.2O/h4*1H;;;/q;;;;+4;;/p-4. The number of rotatable bonds is 0. The van der Waals surface area contributed by atoms with Crippen LogP contribution in [0, 0.1) is 0 Å². The summed E-state index contributed by atoms with van der Waals surface area (Å²) in [6.07, 6.45) is 0. The van der Waals surface area contributed by atoms with E-state index in [9.17, 15) is 12.6 Å². The average Bonchev–Trinajstić information content (AvgIpc) is 0.592. The van der Waals surface area contributed by atoms with E-state index in [1.807, 2.05) is 0 Å². The van der Waals surface area contributed by atoms with Gasteiger partial charge in [0.25, 0.3) is 0 Å². The molecule has 0 amide bonds. The summed E-state index contributed by atoms with van der Waals surface area (Å²) < 4.78 is 57.0. The third-order valence-electron chi connectivity index (χ3n) is 0. The van der Waals surface area contributed by atoms with Crippen molar-refractivity contribution in [1.29, 1.82) is 0 Å². The van der Waals surface area contributed by atoms with Gasteiger partial charge < -0.3 is 0 Å². The van der Waals surface area contributed by atoms with Crippen LogP contribution in [0.25, 0.3) is 0 Å². The summed E-state index contributed by atoms with van der Waals surface area (Å²) in [7, 11) is 0. The molecule has 7 heteroatoms. The van der Waals surface area contributed by atoms with Gasteiger partial charge in [-0.3, -0.25) is 0 Å². The van der Waals surface area contributed by atoms with Crippen LogP contribution in [-0.2, 0) is 22.4 Å². The molecule has 0 bridgehead atoms. The zero-order valence-electron chi connectivity index (χ0n) is 2.74. The zero-order chi connectivity index (χ0) is 6.41. The van der Waals surface area contributed by atoms with Gasteiger partial charge in [0.2, 0.25) is 0 Å². The first-order valence-corrected chi connectivity index (χ1v) is 5.62. The first kappa shape index (κ1) is 7.01. The molecule has 0 radical (unpaired) electrons. The fourth-order valence-electron chi connectivity index (χ4n) is 0. The van der Waals surface area contributed by atoms with Crippen molar-refractivity contribution in [1.82, 2.24) is 0 Å². The Morgan fingerprint density at radius 2 is 0.857 bits per heavy atom. The van der Waals surface area contributed by atoms with Crippen molar-refractivity contribution in [3.05, 3.63) is 0 Å². The second-order valence-electron chi connectivity index (χ2n) is 0.922. The number of hydrogen-bond donors (Lipinski definition) is 0. The molecule has 0 saturated heterocycles. The van der Waals surface area contributed by atoms with E-state index >= 15 is 0 Å². The van der Waals surface area contributed by atoms with Gasteiger partial charge in [-0.15, -0.1) is 0 Å². The predicted molar refractivity (Wildman–Crippen MR) is 5.80 cm³/mol. The van der Waals surface area contributed by atoms with Crippen LogP contribution in [0.2, 0.25) is 0 Å². The molecule has 7 heavy (non-hydrogen) atoms. The maximum atomic E-state index is 10.1. The monoisotopic (exact) mass is 206 g/mol. The summed E-state index contributed by atoms with van der Waals surface area (Å²) in [5.74, 6) is 0. The van der Waals surface area contributed by atoms with Crippen LogP contribution >= 0.6 is 0 Å². The van der Waals surface area contributed by atoms with Crippen molar-refractivity contribution in [2.75, 3.05) is 0 Å². The normalized spacial score (nSPS) is 22.9. The Kier molecular flexibility index (Phi) is 0.670. The molecule has 46 valence electrons. The summed E-state index contributed by atoms with van der Waals surface area (Å²) in [6, 6.07) is 0. The van der Waals surface area contributed by atoms with Gasteiger partial charge in [-0.05, 0) is 0 Å². The molecule has 0 aliphatic carbocycles. The molecular weight excluding hydrogens is 204 g/mol. The van der Waals surface area contributed by atoms with E-state index in [-0.39, 0.29) is 0 Å². The van der Waals surface area contributed by atoms with E-state index in [1.165, 1.54) is 0 Å². The first-order valence-electron chi connectivity index (χ1n) is 0.951. The molecule has 0 aliphatic rings. The van der Waals surface area contributed by atoms with Crippen LogP contribution in [-0.4, -0.2) is 0 Å². The third-order valence-corrected chi connectivity index (χ3v) is 0. The van der Waals surface area contributed by atoms with Crippen LogP contribution in [0.4, 0.5) is 12.6 Å². The van der Waals surface area contributed by atoms with Gasteiger partial charge in [-0.2, -0.15) is 0 Å². The third kappa shape index (κ3) is 1400000. The SMILES string of the molecule is [O]=[Mo](=[O])([F])([F])([F])[F]. The fourth-order valence-corrected chi connectivity index (χ4v) is 0. The van der Waals surface area contributed by atoms with Gasteiger partial charge in [0.05, 0.1) is 0 Å². The van der Waals surface area contributed by atoms with E-state index in [4.69, 9.17) is 6.80 Å². The van der Waals surface area contributed by atoms with Crippen molar-refractivity contribution < 1.29 is 35.0 Å². The topological polar surface area (TPSA) is 34.1 Å². The van der Waals surface area contributed by atoms with Crippen molar-refractivity contribution in [3.63, 3.8) is 0 Å². The molecule has 0 spiro atoms. The zero-order valence-corrected chi connectivity index (χ0v) is 4.74. The van der Waals surface area contributed by atoms with Crippen LogP contribution in [0.1, 0.15) is 0 Å². The molecule has 0 aromatic carbocycles. The van der Waals surface area contributed by atoms with E-state index < -0.39 is 15.6 Å². The molecule has 2 nitrogen and oxygen atoms in total. The molecule has 0 aromatic rings.